The molecule has 4 aromatic rings. The number of thiophene rings is 1. The first kappa shape index (κ1) is 19.5. The van der Waals surface area contributed by atoms with Crippen molar-refractivity contribution in [3.8, 4) is 21.1 Å². The van der Waals surface area contributed by atoms with Crippen molar-refractivity contribution < 1.29 is 0 Å². The van der Waals surface area contributed by atoms with Gasteiger partial charge in [-0.25, -0.2) is 4.98 Å². The van der Waals surface area contributed by atoms with Gasteiger partial charge in [-0.1, -0.05) is 43.3 Å². The van der Waals surface area contributed by atoms with E-state index in [1.165, 1.54) is 60.0 Å². The first-order chi connectivity index (χ1) is 14.8. The zero-order chi connectivity index (χ0) is 20.3. The predicted octanol–water partition coefficient (Wildman–Crippen LogP) is 5.49. The molecule has 0 radical (unpaired) electrons. The van der Waals surface area contributed by atoms with Crippen LogP contribution in [0, 0.1) is 0 Å². The zero-order valence-corrected chi connectivity index (χ0v) is 18.3. The third-order valence-electron chi connectivity index (χ3n) is 5.88. The van der Waals surface area contributed by atoms with E-state index in [1.54, 1.807) is 11.3 Å². The molecule has 0 unspecified atom stereocenters. The standard InChI is InChI=1S/C25H28N4S/c1-2-13-28-14-16-29(17-15-28)18-19-7-9-20(10-8-19)23-11-12-24(30-23)25-26-21-5-3-4-6-22(21)27-25/h3-12H,2,13-18H2,1H3,(H,26,27). The van der Waals surface area contributed by atoms with Crippen molar-refractivity contribution in [3.05, 3.63) is 66.2 Å². The topological polar surface area (TPSA) is 35.2 Å². The van der Waals surface area contributed by atoms with Gasteiger partial charge in [0.05, 0.1) is 15.9 Å². The molecule has 1 N–H and O–H groups in total. The van der Waals surface area contributed by atoms with Gasteiger partial charge in [0.25, 0.3) is 0 Å². The molecule has 2 aromatic carbocycles. The van der Waals surface area contributed by atoms with Gasteiger partial charge in [-0.05, 0) is 48.4 Å². The second-order valence-electron chi connectivity index (χ2n) is 8.08. The van der Waals surface area contributed by atoms with Crippen LogP contribution in [0.15, 0.2) is 60.7 Å². The molecule has 0 spiro atoms. The minimum Gasteiger partial charge on any atom is -0.337 e. The minimum atomic E-state index is 0.950. The number of rotatable bonds is 6. The third kappa shape index (κ3) is 4.19. The highest BCUT2D eigenvalue weighted by Crippen LogP contribution is 2.34. The van der Waals surface area contributed by atoms with E-state index in [1.807, 2.05) is 18.2 Å². The molecule has 0 atom stereocenters. The van der Waals surface area contributed by atoms with Crippen molar-refractivity contribution in [1.82, 2.24) is 19.8 Å². The van der Waals surface area contributed by atoms with Crippen molar-refractivity contribution in [1.29, 1.82) is 0 Å². The van der Waals surface area contributed by atoms with E-state index < -0.39 is 0 Å². The van der Waals surface area contributed by atoms with Crippen LogP contribution in [-0.4, -0.2) is 52.5 Å². The van der Waals surface area contributed by atoms with Crippen molar-refractivity contribution in [2.75, 3.05) is 32.7 Å². The number of imidazole rings is 1. The van der Waals surface area contributed by atoms with Gasteiger partial charge >= 0.3 is 0 Å². The molecular weight excluding hydrogens is 388 g/mol. The fourth-order valence-electron chi connectivity index (χ4n) is 4.21. The summed E-state index contributed by atoms with van der Waals surface area (Å²) >= 11 is 1.79. The smallest absolute Gasteiger partial charge is 0.148 e. The van der Waals surface area contributed by atoms with Crippen LogP contribution in [0.25, 0.3) is 32.2 Å². The number of hydrogen-bond donors (Lipinski definition) is 1. The number of H-pyrrole nitrogens is 1. The molecule has 4 nitrogen and oxygen atoms in total. The molecule has 3 heterocycles. The van der Waals surface area contributed by atoms with Crippen LogP contribution < -0.4 is 0 Å². The summed E-state index contributed by atoms with van der Waals surface area (Å²) < 4.78 is 0. The highest BCUT2D eigenvalue weighted by molar-refractivity contribution is 7.18. The van der Waals surface area contributed by atoms with Crippen molar-refractivity contribution in [2.45, 2.75) is 19.9 Å². The van der Waals surface area contributed by atoms with Crippen molar-refractivity contribution in [2.24, 2.45) is 0 Å². The van der Waals surface area contributed by atoms with Crippen LogP contribution in [0.5, 0.6) is 0 Å². The zero-order valence-electron chi connectivity index (χ0n) is 17.5. The van der Waals surface area contributed by atoms with Gasteiger partial charge in [-0.15, -0.1) is 11.3 Å². The first-order valence-corrected chi connectivity index (χ1v) is 11.7. The monoisotopic (exact) mass is 416 g/mol. The summed E-state index contributed by atoms with van der Waals surface area (Å²) in [7, 11) is 0. The molecule has 1 saturated heterocycles. The van der Waals surface area contributed by atoms with Crippen LogP contribution >= 0.6 is 11.3 Å². The summed E-state index contributed by atoms with van der Waals surface area (Å²) in [5, 5.41) is 0. The lowest BCUT2D eigenvalue weighted by Crippen LogP contribution is -2.45. The Morgan fingerprint density at radius 1 is 0.867 bits per heavy atom. The Morgan fingerprint density at radius 3 is 2.37 bits per heavy atom. The Hall–Kier alpha value is -2.47. The Balaban J connectivity index is 1.25. The lowest BCUT2D eigenvalue weighted by atomic mass is 10.1. The largest absolute Gasteiger partial charge is 0.337 e. The number of piperazine rings is 1. The molecule has 1 aliphatic heterocycles. The van der Waals surface area contributed by atoms with Gasteiger partial charge in [0.1, 0.15) is 5.82 Å². The molecule has 30 heavy (non-hydrogen) atoms. The van der Waals surface area contributed by atoms with Crippen LogP contribution in [0.4, 0.5) is 0 Å². The molecule has 1 fully saturated rings. The summed E-state index contributed by atoms with van der Waals surface area (Å²) in [6, 6.07) is 21.7. The minimum absolute atomic E-state index is 0.950. The van der Waals surface area contributed by atoms with E-state index in [2.05, 4.69) is 64.2 Å². The van der Waals surface area contributed by atoms with Crippen molar-refractivity contribution in [3.63, 3.8) is 0 Å². The van der Waals surface area contributed by atoms with Crippen LogP contribution in [-0.2, 0) is 6.54 Å². The number of para-hydroxylation sites is 2. The van der Waals surface area contributed by atoms with Gasteiger partial charge in [0.2, 0.25) is 0 Å². The van der Waals surface area contributed by atoms with Crippen LogP contribution in [0.2, 0.25) is 0 Å². The Morgan fingerprint density at radius 2 is 1.60 bits per heavy atom. The number of fused-ring (bicyclic) bond motifs is 1. The molecule has 5 heteroatoms. The maximum Gasteiger partial charge on any atom is 0.148 e. The van der Waals surface area contributed by atoms with E-state index in [4.69, 9.17) is 4.98 Å². The molecule has 0 bridgehead atoms. The van der Waals surface area contributed by atoms with E-state index in [9.17, 15) is 0 Å². The Kier molecular flexibility index (Phi) is 5.67. The fraction of sp³-hybridized carbons (Fsp3) is 0.320. The fourth-order valence-corrected chi connectivity index (χ4v) is 5.17. The number of hydrogen-bond acceptors (Lipinski definition) is 4. The van der Waals surface area contributed by atoms with E-state index in [0.29, 0.717) is 0 Å². The van der Waals surface area contributed by atoms with Crippen LogP contribution in [0.1, 0.15) is 18.9 Å². The average molecular weight is 417 g/mol. The summed E-state index contributed by atoms with van der Waals surface area (Å²) in [6.45, 7) is 9.30. The van der Waals surface area contributed by atoms with Gasteiger partial charge < -0.3 is 9.88 Å². The highest BCUT2D eigenvalue weighted by atomic mass is 32.1. The maximum absolute atomic E-state index is 4.73. The molecule has 2 aromatic heterocycles. The molecular formula is C25H28N4S. The molecule has 0 amide bonds. The number of aromatic nitrogens is 2. The highest BCUT2D eigenvalue weighted by Gasteiger charge is 2.16. The summed E-state index contributed by atoms with van der Waals surface area (Å²) in [6.07, 6.45) is 1.25. The number of benzene rings is 2. The first-order valence-electron chi connectivity index (χ1n) is 10.9. The van der Waals surface area contributed by atoms with Crippen LogP contribution in [0.3, 0.4) is 0 Å². The molecule has 0 aliphatic carbocycles. The summed E-state index contributed by atoms with van der Waals surface area (Å²) in [5.41, 5.74) is 4.78. The second kappa shape index (κ2) is 8.72. The SMILES string of the molecule is CCCN1CCN(Cc2ccc(-c3ccc(-c4nc5ccccc5[nH]4)s3)cc2)CC1. The number of aromatic amines is 1. The van der Waals surface area contributed by atoms with Crippen molar-refractivity contribution >= 4 is 22.4 Å². The lowest BCUT2D eigenvalue weighted by Gasteiger charge is -2.34. The summed E-state index contributed by atoms with van der Waals surface area (Å²) in [5.74, 6) is 0.950. The average Bonchev–Trinajstić information content (AvgIpc) is 3.43. The number of nitrogens with one attached hydrogen (secondary N) is 1. The van der Waals surface area contributed by atoms with Gasteiger partial charge in [-0.3, -0.25) is 4.90 Å². The summed E-state index contributed by atoms with van der Waals surface area (Å²) in [4.78, 5) is 15.8. The van der Waals surface area contributed by atoms with E-state index in [-0.39, 0.29) is 0 Å². The molecule has 0 saturated carbocycles. The quantitative estimate of drug-likeness (QED) is 0.452. The molecule has 154 valence electrons. The Bertz CT molecular complexity index is 1070. The predicted molar refractivity (Wildman–Crippen MR) is 127 cm³/mol. The Labute approximate surface area is 182 Å². The molecule has 5 rings (SSSR count). The van der Waals surface area contributed by atoms with Gasteiger partial charge in [-0.2, -0.15) is 0 Å². The molecule has 1 aliphatic rings. The third-order valence-corrected chi connectivity index (χ3v) is 7.02. The maximum atomic E-state index is 4.73. The second-order valence-corrected chi connectivity index (χ2v) is 9.16. The van der Waals surface area contributed by atoms with Gasteiger partial charge in [0.15, 0.2) is 0 Å². The van der Waals surface area contributed by atoms with E-state index >= 15 is 0 Å². The lowest BCUT2D eigenvalue weighted by molar-refractivity contribution is 0.127. The van der Waals surface area contributed by atoms with E-state index in [0.717, 1.165) is 23.4 Å². The normalized spacial score (nSPS) is 15.8. The van der Waals surface area contributed by atoms with Gasteiger partial charge in [0, 0.05) is 37.6 Å². The number of nitrogens with zero attached hydrogens (tertiary/aromatic N) is 3.